The van der Waals surface area contributed by atoms with Crippen molar-refractivity contribution in [1.29, 1.82) is 0 Å². The number of ether oxygens (including phenoxy) is 1. The van der Waals surface area contributed by atoms with Crippen molar-refractivity contribution in [2.75, 3.05) is 13.2 Å². The van der Waals surface area contributed by atoms with Crippen LogP contribution in [0.4, 0.5) is 13.2 Å². The second kappa shape index (κ2) is 5.13. The maximum atomic E-state index is 12.6. The van der Waals surface area contributed by atoms with E-state index in [1.165, 1.54) is 12.1 Å². The van der Waals surface area contributed by atoms with Crippen molar-refractivity contribution >= 4 is 0 Å². The number of rotatable bonds is 2. The van der Waals surface area contributed by atoms with E-state index in [-0.39, 0.29) is 0 Å². The Morgan fingerprint density at radius 1 is 1.42 bits per heavy atom. The summed E-state index contributed by atoms with van der Waals surface area (Å²) >= 11 is 0. The fourth-order valence-corrected chi connectivity index (χ4v) is 2.19. The van der Waals surface area contributed by atoms with Crippen molar-refractivity contribution in [3.63, 3.8) is 0 Å². The summed E-state index contributed by atoms with van der Waals surface area (Å²) in [6.45, 7) is 5.38. The minimum absolute atomic E-state index is 0.420. The van der Waals surface area contributed by atoms with Crippen LogP contribution in [0.5, 0.6) is 0 Å². The van der Waals surface area contributed by atoms with Crippen LogP contribution < -0.4 is 5.32 Å². The number of halogens is 3. The van der Waals surface area contributed by atoms with Crippen molar-refractivity contribution in [2.45, 2.75) is 32.2 Å². The molecule has 1 saturated heterocycles. The molecule has 2 rings (SSSR count). The first-order valence-corrected chi connectivity index (χ1v) is 6.34. The molecule has 0 saturated carbocycles. The summed E-state index contributed by atoms with van der Waals surface area (Å²) in [6, 6.07) is 5.41. The quantitative estimate of drug-likeness (QED) is 0.893. The number of hydrogen-bond acceptors (Lipinski definition) is 2. The molecular formula is C14H18F3NO. The Balaban J connectivity index is 2.11. The van der Waals surface area contributed by atoms with Crippen LogP contribution in [0, 0.1) is 5.92 Å². The van der Waals surface area contributed by atoms with Crippen LogP contribution in [0.2, 0.25) is 0 Å². The summed E-state index contributed by atoms with van der Waals surface area (Å²) in [7, 11) is 0. The maximum Gasteiger partial charge on any atom is 0.416 e. The molecule has 1 aliphatic rings. The zero-order valence-corrected chi connectivity index (χ0v) is 11.1. The normalized spacial score (nSPS) is 28.4. The van der Waals surface area contributed by atoms with E-state index < -0.39 is 17.5 Å². The van der Waals surface area contributed by atoms with Gasteiger partial charge in [0.05, 0.1) is 12.2 Å². The number of benzene rings is 1. The van der Waals surface area contributed by atoms with E-state index in [4.69, 9.17) is 4.74 Å². The summed E-state index contributed by atoms with van der Waals surface area (Å²) in [5.74, 6) is 0.426. The molecule has 1 fully saturated rings. The Labute approximate surface area is 111 Å². The Morgan fingerprint density at radius 2 is 2.16 bits per heavy atom. The lowest BCUT2D eigenvalue weighted by Crippen LogP contribution is -2.53. The molecule has 106 valence electrons. The molecule has 1 N–H and O–H groups in total. The summed E-state index contributed by atoms with van der Waals surface area (Å²) < 4.78 is 43.7. The highest BCUT2D eigenvalue weighted by molar-refractivity contribution is 5.26. The standard InChI is InChI=1S/C14H18F3NO/c1-10-8-18-13(2,19-9-10)7-11-4-3-5-12(6-11)14(15,16)17/h3-6,10,18H,7-9H2,1-2H3. The molecule has 1 aromatic carbocycles. The summed E-state index contributed by atoms with van der Waals surface area (Å²) in [4.78, 5) is 0. The van der Waals surface area contributed by atoms with Gasteiger partial charge in [-0.25, -0.2) is 0 Å². The van der Waals surface area contributed by atoms with E-state index in [0.717, 1.165) is 12.6 Å². The van der Waals surface area contributed by atoms with Gasteiger partial charge in [-0.3, -0.25) is 5.32 Å². The van der Waals surface area contributed by atoms with Gasteiger partial charge in [0.15, 0.2) is 0 Å². The lowest BCUT2D eigenvalue weighted by Gasteiger charge is -2.38. The average molecular weight is 273 g/mol. The van der Waals surface area contributed by atoms with Gasteiger partial charge >= 0.3 is 6.18 Å². The van der Waals surface area contributed by atoms with E-state index in [1.54, 1.807) is 6.07 Å². The molecular weight excluding hydrogens is 255 g/mol. The molecule has 0 amide bonds. The number of hydrogen-bond donors (Lipinski definition) is 1. The molecule has 1 aliphatic heterocycles. The number of nitrogens with one attached hydrogen (secondary N) is 1. The van der Waals surface area contributed by atoms with E-state index in [1.807, 2.05) is 6.92 Å². The molecule has 2 atom stereocenters. The van der Waals surface area contributed by atoms with Gasteiger partial charge < -0.3 is 4.74 Å². The first kappa shape index (κ1) is 14.3. The Hall–Kier alpha value is -1.07. The Morgan fingerprint density at radius 3 is 2.74 bits per heavy atom. The largest absolute Gasteiger partial charge is 0.416 e. The molecule has 0 aromatic heterocycles. The maximum absolute atomic E-state index is 12.6. The van der Waals surface area contributed by atoms with Gasteiger partial charge in [-0.1, -0.05) is 25.1 Å². The predicted octanol–water partition coefficient (Wildman–Crippen LogP) is 3.22. The van der Waals surface area contributed by atoms with Crippen molar-refractivity contribution in [2.24, 2.45) is 5.92 Å². The molecule has 0 bridgehead atoms. The zero-order chi connectivity index (χ0) is 14.1. The van der Waals surface area contributed by atoms with Crippen LogP contribution in [-0.4, -0.2) is 18.9 Å². The van der Waals surface area contributed by atoms with Gasteiger partial charge in [-0.05, 0) is 24.5 Å². The van der Waals surface area contributed by atoms with Gasteiger partial charge in [-0.15, -0.1) is 0 Å². The SMILES string of the molecule is CC1CNC(C)(Cc2cccc(C(F)(F)F)c2)OC1. The fourth-order valence-electron chi connectivity index (χ4n) is 2.19. The van der Waals surface area contributed by atoms with E-state index in [9.17, 15) is 13.2 Å². The number of alkyl halides is 3. The van der Waals surface area contributed by atoms with E-state index in [2.05, 4.69) is 12.2 Å². The average Bonchev–Trinajstić information content (AvgIpc) is 2.33. The summed E-state index contributed by atoms with van der Waals surface area (Å²) in [5, 5.41) is 3.25. The van der Waals surface area contributed by atoms with E-state index in [0.29, 0.717) is 24.5 Å². The van der Waals surface area contributed by atoms with Gasteiger partial charge in [0.1, 0.15) is 5.72 Å². The zero-order valence-electron chi connectivity index (χ0n) is 11.1. The lowest BCUT2D eigenvalue weighted by molar-refractivity contribution is -0.137. The second-order valence-corrected chi connectivity index (χ2v) is 5.40. The minimum atomic E-state index is -4.30. The van der Waals surface area contributed by atoms with Crippen LogP contribution in [0.3, 0.4) is 0 Å². The van der Waals surface area contributed by atoms with Crippen LogP contribution in [0.25, 0.3) is 0 Å². The molecule has 2 unspecified atom stereocenters. The van der Waals surface area contributed by atoms with Crippen molar-refractivity contribution in [3.8, 4) is 0 Å². The van der Waals surface area contributed by atoms with Gasteiger partial charge in [-0.2, -0.15) is 13.2 Å². The smallest absolute Gasteiger partial charge is 0.360 e. The van der Waals surface area contributed by atoms with Crippen LogP contribution in [0.1, 0.15) is 25.0 Å². The molecule has 0 spiro atoms. The first-order valence-electron chi connectivity index (χ1n) is 6.34. The third kappa shape index (κ3) is 3.70. The highest BCUT2D eigenvalue weighted by Crippen LogP contribution is 2.30. The monoisotopic (exact) mass is 273 g/mol. The highest BCUT2D eigenvalue weighted by atomic mass is 19.4. The summed E-state index contributed by atoms with van der Waals surface area (Å²) in [5.41, 5.74) is -0.575. The minimum Gasteiger partial charge on any atom is -0.360 e. The molecule has 5 heteroatoms. The van der Waals surface area contributed by atoms with Crippen molar-refractivity contribution < 1.29 is 17.9 Å². The first-order chi connectivity index (χ1) is 8.78. The van der Waals surface area contributed by atoms with Crippen LogP contribution in [0.15, 0.2) is 24.3 Å². The van der Waals surface area contributed by atoms with Crippen molar-refractivity contribution in [3.05, 3.63) is 35.4 Å². The lowest BCUT2D eigenvalue weighted by atomic mass is 9.99. The van der Waals surface area contributed by atoms with Gasteiger partial charge in [0.25, 0.3) is 0 Å². The van der Waals surface area contributed by atoms with E-state index >= 15 is 0 Å². The van der Waals surface area contributed by atoms with Crippen molar-refractivity contribution in [1.82, 2.24) is 5.32 Å². The predicted molar refractivity (Wildman–Crippen MR) is 66.7 cm³/mol. The molecule has 0 radical (unpaired) electrons. The fraction of sp³-hybridized carbons (Fsp3) is 0.571. The molecule has 0 aliphatic carbocycles. The third-order valence-electron chi connectivity index (χ3n) is 3.31. The Kier molecular flexibility index (Phi) is 3.87. The molecule has 19 heavy (non-hydrogen) atoms. The van der Waals surface area contributed by atoms with Gasteiger partial charge in [0, 0.05) is 13.0 Å². The second-order valence-electron chi connectivity index (χ2n) is 5.40. The third-order valence-corrected chi connectivity index (χ3v) is 3.31. The Bertz CT molecular complexity index is 437. The topological polar surface area (TPSA) is 21.3 Å². The molecule has 1 heterocycles. The molecule has 2 nitrogen and oxygen atoms in total. The molecule has 1 aromatic rings. The van der Waals surface area contributed by atoms with Crippen LogP contribution in [-0.2, 0) is 17.3 Å². The van der Waals surface area contributed by atoms with Gasteiger partial charge in [0.2, 0.25) is 0 Å². The highest BCUT2D eigenvalue weighted by Gasteiger charge is 2.33. The summed E-state index contributed by atoms with van der Waals surface area (Å²) in [6.07, 6.45) is -3.88. The van der Waals surface area contributed by atoms with Crippen LogP contribution >= 0.6 is 0 Å².